The maximum atomic E-state index is 13.6. The number of benzene rings is 1. The summed E-state index contributed by atoms with van der Waals surface area (Å²) in [5.74, 6) is -1.04. The lowest BCUT2D eigenvalue weighted by Gasteiger charge is -2.25. The molecule has 2 N–H and O–H groups in total. The van der Waals surface area contributed by atoms with E-state index in [2.05, 4.69) is 20.7 Å². The standard InChI is InChI=1S/C25H27Cl2N5O5S/c1-4-6-15(3)29-24(33)18-10-16(26)9-14(2)22(18)30-25(34)20-11-21(37-17-12-38(35,36)13-17)31-32(20)23-19(27)7-5-8-28-23/h5,7-11,15,17H,4,6,12-13H2,1-3H3,(H,29,33)(H,30,34). The van der Waals surface area contributed by atoms with Crippen molar-refractivity contribution >= 4 is 50.5 Å². The summed E-state index contributed by atoms with van der Waals surface area (Å²) in [5.41, 5.74) is 1.09. The predicted octanol–water partition coefficient (Wildman–Crippen LogP) is 4.23. The summed E-state index contributed by atoms with van der Waals surface area (Å²) in [7, 11) is -3.12. The number of aryl methyl sites for hydroxylation is 1. The Bertz CT molecular complexity index is 1480. The predicted molar refractivity (Wildman–Crippen MR) is 145 cm³/mol. The van der Waals surface area contributed by atoms with Crippen LogP contribution in [-0.4, -0.2) is 58.6 Å². The minimum Gasteiger partial charge on any atom is -0.471 e. The van der Waals surface area contributed by atoms with Crippen molar-refractivity contribution in [1.29, 1.82) is 0 Å². The van der Waals surface area contributed by atoms with Crippen LogP contribution in [-0.2, 0) is 9.84 Å². The van der Waals surface area contributed by atoms with Crippen LogP contribution in [0.25, 0.3) is 5.82 Å². The minimum atomic E-state index is -3.12. The Kier molecular flexibility index (Phi) is 8.29. The van der Waals surface area contributed by atoms with Gasteiger partial charge in [0.25, 0.3) is 11.8 Å². The molecule has 1 unspecified atom stereocenters. The molecule has 13 heteroatoms. The van der Waals surface area contributed by atoms with Crippen LogP contribution in [0.5, 0.6) is 5.88 Å². The molecule has 1 aliphatic rings. The van der Waals surface area contributed by atoms with Crippen molar-refractivity contribution in [3.05, 3.63) is 63.4 Å². The number of nitrogens with one attached hydrogen (secondary N) is 2. The number of hydrogen-bond acceptors (Lipinski definition) is 7. The van der Waals surface area contributed by atoms with Gasteiger partial charge in [0.05, 0.1) is 27.8 Å². The van der Waals surface area contributed by atoms with Gasteiger partial charge >= 0.3 is 0 Å². The van der Waals surface area contributed by atoms with E-state index in [0.717, 1.165) is 12.8 Å². The number of pyridine rings is 1. The Labute approximate surface area is 230 Å². The monoisotopic (exact) mass is 579 g/mol. The first-order valence-corrected chi connectivity index (χ1v) is 14.6. The maximum absolute atomic E-state index is 13.6. The summed E-state index contributed by atoms with van der Waals surface area (Å²) >= 11 is 12.6. The van der Waals surface area contributed by atoms with Gasteiger partial charge in [-0.25, -0.2) is 18.1 Å². The van der Waals surface area contributed by atoms with Gasteiger partial charge in [-0.15, -0.1) is 5.10 Å². The molecule has 0 aliphatic carbocycles. The lowest BCUT2D eigenvalue weighted by Crippen LogP contribution is -2.45. The van der Waals surface area contributed by atoms with Crippen LogP contribution >= 0.6 is 23.2 Å². The average Bonchev–Trinajstić information content (AvgIpc) is 3.23. The molecule has 1 saturated heterocycles. The van der Waals surface area contributed by atoms with E-state index >= 15 is 0 Å². The zero-order valence-corrected chi connectivity index (χ0v) is 23.3. The highest BCUT2D eigenvalue weighted by Crippen LogP contribution is 2.29. The van der Waals surface area contributed by atoms with Crippen molar-refractivity contribution in [2.24, 2.45) is 0 Å². The number of hydrogen-bond donors (Lipinski definition) is 2. The second-order valence-corrected chi connectivity index (χ2v) is 12.2. The fourth-order valence-corrected chi connectivity index (χ4v) is 5.75. The highest BCUT2D eigenvalue weighted by Gasteiger charge is 2.36. The van der Waals surface area contributed by atoms with Crippen LogP contribution in [0.1, 0.15) is 53.1 Å². The number of anilines is 1. The van der Waals surface area contributed by atoms with E-state index in [1.54, 1.807) is 25.1 Å². The number of rotatable bonds is 9. The molecule has 38 heavy (non-hydrogen) atoms. The van der Waals surface area contributed by atoms with E-state index in [1.807, 2.05) is 13.8 Å². The molecular formula is C25H27Cl2N5O5S. The Morgan fingerprint density at radius 2 is 1.95 bits per heavy atom. The largest absolute Gasteiger partial charge is 0.471 e. The van der Waals surface area contributed by atoms with Crippen LogP contribution in [0.15, 0.2) is 36.5 Å². The first-order valence-electron chi connectivity index (χ1n) is 12.0. The fourth-order valence-electron chi connectivity index (χ4n) is 4.10. The molecular weight excluding hydrogens is 553 g/mol. The summed E-state index contributed by atoms with van der Waals surface area (Å²) in [5, 5.41) is 10.6. The van der Waals surface area contributed by atoms with Crippen LogP contribution in [0.3, 0.4) is 0 Å². The molecule has 202 valence electrons. The number of halogens is 2. The Balaban J connectivity index is 1.68. The van der Waals surface area contributed by atoms with Crippen molar-refractivity contribution < 1.29 is 22.7 Å². The molecule has 1 aliphatic heterocycles. The number of aromatic nitrogens is 3. The van der Waals surface area contributed by atoms with Crippen molar-refractivity contribution in [3.63, 3.8) is 0 Å². The lowest BCUT2D eigenvalue weighted by molar-refractivity contribution is 0.0939. The van der Waals surface area contributed by atoms with Gasteiger partial charge < -0.3 is 15.4 Å². The first-order chi connectivity index (χ1) is 18.0. The molecule has 0 radical (unpaired) electrons. The van der Waals surface area contributed by atoms with Crippen LogP contribution in [0.2, 0.25) is 10.0 Å². The highest BCUT2D eigenvalue weighted by atomic mass is 35.5. The van der Waals surface area contributed by atoms with Gasteiger partial charge in [-0.3, -0.25) is 9.59 Å². The van der Waals surface area contributed by atoms with Crippen molar-refractivity contribution in [1.82, 2.24) is 20.1 Å². The molecule has 0 bridgehead atoms. The van der Waals surface area contributed by atoms with E-state index in [9.17, 15) is 18.0 Å². The van der Waals surface area contributed by atoms with Gasteiger partial charge in [0.1, 0.15) is 11.8 Å². The van der Waals surface area contributed by atoms with Gasteiger partial charge in [0, 0.05) is 23.3 Å². The number of carbonyl (C=O) groups excluding carboxylic acids is 2. The second kappa shape index (κ2) is 11.3. The summed E-state index contributed by atoms with van der Waals surface area (Å²) in [6, 6.07) is 7.67. The van der Waals surface area contributed by atoms with E-state index in [0.29, 0.717) is 10.6 Å². The Morgan fingerprint density at radius 1 is 1.21 bits per heavy atom. The molecule has 2 amide bonds. The van der Waals surface area contributed by atoms with Gasteiger partial charge in [-0.2, -0.15) is 0 Å². The van der Waals surface area contributed by atoms with Gasteiger partial charge in [-0.05, 0) is 50.1 Å². The Hall–Kier alpha value is -3.15. The SMILES string of the molecule is CCCC(C)NC(=O)c1cc(Cl)cc(C)c1NC(=O)c1cc(OC2CS(=O)(=O)C2)nn1-c1ncccc1Cl. The topological polar surface area (TPSA) is 132 Å². The molecule has 1 fully saturated rings. The fraction of sp³-hybridized carbons (Fsp3) is 0.360. The second-order valence-electron chi connectivity index (χ2n) is 9.17. The van der Waals surface area contributed by atoms with Crippen LogP contribution in [0.4, 0.5) is 5.69 Å². The number of amides is 2. The zero-order valence-electron chi connectivity index (χ0n) is 21.0. The van der Waals surface area contributed by atoms with Gasteiger partial charge in [-0.1, -0.05) is 36.5 Å². The summed E-state index contributed by atoms with van der Waals surface area (Å²) in [6.07, 6.45) is 2.61. The highest BCUT2D eigenvalue weighted by molar-refractivity contribution is 7.92. The van der Waals surface area contributed by atoms with Gasteiger partial charge in [0.15, 0.2) is 15.7 Å². The van der Waals surface area contributed by atoms with Gasteiger partial charge in [0.2, 0.25) is 5.88 Å². The molecule has 4 rings (SSSR count). The van der Waals surface area contributed by atoms with Crippen molar-refractivity contribution in [2.75, 3.05) is 16.8 Å². The molecule has 0 saturated carbocycles. The molecule has 3 heterocycles. The van der Waals surface area contributed by atoms with Crippen molar-refractivity contribution in [3.8, 4) is 11.7 Å². The molecule has 3 aromatic rings. The van der Waals surface area contributed by atoms with Crippen LogP contribution < -0.4 is 15.4 Å². The third-order valence-corrected chi connectivity index (χ3v) is 8.18. The smallest absolute Gasteiger partial charge is 0.274 e. The molecule has 2 aromatic heterocycles. The van der Waals surface area contributed by atoms with E-state index in [4.69, 9.17) is 27.9 Å². The number of carbonyl (C=O) groups is 2. The Morgan fingerprint density at radius 3 is 2.61 bits per heavy atom. The zero-order chi connectivity index (χ0) is 27.6. The lowest BCUT2D eigenvalue weighted by atomic mass is 10.1. The minimum absolute atomic E-state index is 0.0165. The first kappa shape index (κ1) is 27.9. The molecule has 1 atom stereocenters. The summed E-state index contributed by atoms with van der Waals surface area (Å²) < 4.78 is 30.0. The number of nitrogens with zero attached hydrogens (tertiary/aromatic N) is 3. The number of ether oxygens (including phenoxy) is 1. The summed E-state index contributed by atoms with van der Waals surface area (Å²) in [4.78, 5) is 30.9. The maximum Gasteiger partial charge on any atom is 0.274 e. The van der Waals surface area contributed by atoms with Crippen molar-refractivity contribution in [2.45, 2.75) is 45.8 Å². The third kappa shape index (κ3) is 6.28. The van der Waals surface area contributed by atoms with E-state index in [-0.39, 0.29) is 57.1 Å². The third-order valence-electron chi connectivity index (χ3n) is 5.91. The molecule has 0 spiro atoms. The molecule has 1 aromatic carbocycles. The number of sulfone groups is 1. The summed E-state index contributed by atoms with van der Waals surface area (Å²) in [6.45, 7) is 5.66. The normalized spacial score (nSPS) is 15.4. The van der Waals surface area contributed by atoms with Crippen LogP contribution in [0, 0.1) is 6.92 Å². The van der Waals surface area contributed by atoms with E-state index in [1.165, 1.54) is 23.0 Å². The average molecular weight is 580 g/mol. The quantitative estimate of drug-likeness (QED) is 0.387. The molecule has 10 nitrogen and oxygen atoms in total. The van der Waals surface area contributed by atoms with E-state index < -0.39 is 21.8 Å².